The van der Waals surface area contributed by atoms with Crippen LogP contribution in [0.3, 0.4) is 0 Å². The third-order valence-corrected chi connectivity index (χ3v) is 3.87. The summed E-state index contributed by atoms with van der Waals surface area (Å²) in [5.41, 5.74) is 6.63. The smallest absolute Gasteiger partial charge is 0.261 e. The first-order chi connectivity index (χ1) is 10.9. The van der Waals surface area contributed by atoms with Gasteiger partial charge in [0.05, 0.1) is 11.2 Å². The Morgan fingerprint density at radius 3 is 2.91 bits per heavy atom. The summed E-state index contributed by atoms with van der Waals surface area (Å²) in [5.74, 6) is -0.206. The van der Waals surface area contributed by atoms with E-state index < -0.39 is 0 Å². The molecule has 0 spiro atoms. The molecule has 0 saturated heterocycles. The molecule has 1 aromatic heterocycles. The van der Waals surface area contributed by atoms with E-state index in [1.54, 1.807) is 4.68 Å². The van der Waals surface area contributed by atoms with Gasteiger partial charge in [-0.15, -0.1) is 5.10 Å². The number of rotatable bonds is 3. The fourth-order valence-corrected chi connectivity index (χ4v) is 3.11. The van der Waals surface area contributed by atoms with Crippen LogP contribution in [0.25, 0.3) is 11.0 Å². The van der Waals surface area contributed by atoms with Crippen molar-refractivity contribution in [3.63, 3.8) is 0 Å². The van der Waals surface area contributed by atoms with E-state index in [9.17, 15) is 4.79 Å². The van der Waals surface area contributed by atoms with Crippen LogP contribution < -0.4 is 5.43 Å². The summed E-state index contributed by atoms with van der Waals surface area (Å²) in [4.78, 5) is 12.1. The first-order valence-electron chi connectivity index (χ1n) is 7.74. The maximum Gasteiger partial charge on any atom is 0.261 e. The Balaban J connectivity index is 1.68. The zero-order valence-electron chi connectivity index (χ0n) is 13.7. The summed E-state index contributed by atoms with van der Waals surface area (Å²) in [7, 11) is 0. The van der Waals surface area contributed by atoms with E-state index in [1.165, 1.54) is 5.57 Å². The number of benzene rings is 1. The van der Waals surface area contributed by atoms with Gasteiger partial charge in [0, 0.05) is 0 Å². The molecular weight excluding hydrogens is 290 g/mol. The van der Waals surface area contributed by atoms with Crippen LogP contribution in [0.2, 0.25) is 0 Å². The summed E-state index contributed by atoms with van der Waals surface area (Å²) < 4.78 is 1.58. The molecule has 0 aliphatic heterocycles. The minimum absolute atomic E-state index is 0.101. The van der Waals surface area contributed by atoms with Crippen molar-refractivity contribution in [3.8, 4) is 0 Å². The molecule has 1 N–H and O–H groups in total. The first-order valence-corrected chi connectivity index (χ1v) is 7.74. The Bertz CT molecular complexity index is 800. The Morgan fingerprint density at radius 2 is 2.13 bits per heavy atom. The number of fused-ring (bicyclic) bond motifs is 1. The summed E-state index contributed by atoms with van der Waals surface area (Å²) in [6.45, 7) is 6.62. The molecule has 2 aromatic rings. The van der Waals surface area contributed by atoms with Crippen LogP contribution in [0.1, 0.15) is 33.6 Å². The zero-order chi connectivity index (χ0) is 16.4. The predicted octanol–water partition coefficient (Wildman–Crippen LogP) is 2.67. The molecule has 1 aliphatic carbocycles. The highest BCUT2D eigenvalue weighted by atomic mass is 16.2. The molecule has 120 valence electrons. The van der Waals surface area contributed by atoms with Gasteiger partial charge in [-0.2, -0.15) is 5.10 Å². The number of allylic oxidation sites excluding steroid dienone is 2. The molecule has 0 fully saturated rings. The number of hydrazone groups is 1. The van der Waals surface area contributed by atoms with Crippen molar-refractivity contribution in [1.82, 2.24) is 20.4 Å². The molecule has 1 amide bonds. The topological polar surface area (TPSA) is 72.2 Å². The average Bonchev–Trinajstić information content (AvgIpc) is 2.86. The molecule has 1 aliphatic rings. The second-order valence-electron chi connectivity index (χ2n) is 6.88. The van der Waals surface area contributed by atoms with Crippen molar-refractivity contribution in [1.29, 1.82) is 0 Å². The van der Waals surface area contributed by atoms with Crippen LogP contribution in [-0.4, -0.2) is 26.6 Å². The van der Waals surface area contributed by atoms with Crippen LogP contribution in [-0.2, 0) is 11.3 Å². The number of carbonyl (C=O) groups excluding carboxylic acids is 1. The SMILES string of the molecule is CC1=C/C(=N\NC(=O)Cn2nnc3ccccc32)CC(C)(C)C1. The number of nitrogens with zero attached hydrogens (tertiary/aromatic N) is 4. The van der Waals surface area contributed by atoms with Gasteiger partial charge in [0.1, 0.15) is 12.1 Å². The fraction of sp³-hybridized carbons (Fsp3) is 0.412. The van der Waals surface area contributed by atoms with Gasteiger partial charge in [0.2, 0.25) is 0 Å². The quantitative estimate of drug-likeness (QED) is 0.886. The first kappa shape index (κ1) is 15.4. The maximum absolute atomic E-state index is 12.1. The lowest BCUT2D eigenvalue weighted by molar-refractivity contribution is -0.121. The molecule has 0 atom stereocenters. The van der Waals surface area contributed by atoms with Crippen molar-refractivity contribution in [3.05, 3.63) is 35.9 Å². The molecule has 3 rings (SSSR count). The number of nitrogens with one attached hydrogen (secondary N) is 1. The van der Waals surface area contributed by atoms with E-state index >= 15 is 0 Å². The lowest BCUT2D eigenvalue weighted by Crippen LogP contribution is -2.27. The van der Waals surface area contributed by atoms with Gasteiger partial charge in [-0.05, 0) is 43.4 Å². The van der Waals surface area contributed by atoms with E-state index in [0.717, 1.165) is 29.6 Å². The van der Waals surface area contributed by atoms with Crippen molar-refractivity contribution < 1.29 is 4.79 Å². The predicted molar refractivity (Wildman–Crippen MR) is 89.9 cm³/mol. The van der Waals surface area contributed by atoms with Crippen LogP contribution in [0.5, 0.6) is 0 Å². The van der Waals surface area contributed by atoms with Crippen LogP contribution in [0.4, 0.5) is 0 Å². The highest BCUT2D eigenvalue weighted by molar-refractivity contribution is 5.97. The molecule has 0 saturated carbocycles. The standard InChI is InChI=1S/C17H21N5O/c1-12-8-13(10-17(2,3)9-12)18-20-16(23)11-22-15-7-5-4-6-14(15)19-21-22/h4-8H,9-11H2,1-3H3,(H,20,23)/b18-13+. The van der Waals surface area contributed by atoms with Gasteiger partial charge in [-0.25, -0.2) is 10.1 Å². The van der Waals surface area contributed by atoms with Gasteiger partial charge in [-0.1, -0.05) is 36.8 Å². The summed E-state index contributed by atoms with van der Waals surface area (Å²) in [6.07, 6.45) is 3.97. The fourth-order valence-electron chi connectivity index (χ4n) is 3.11. The Labute approximate surface area is 135 Å². The van der Waals surface area contributed by atoms with Crippen molar-refractivity contribution in [2.75, 3.05) is 0 Å². The minimum atomic E-state index is -0.206. The molecule has 0 bridgehead atoms. The summed E-state index contributed by atoms with van der Waals surface area (Å²) in [5, 5.41) is 12.3. The van der Waals surface area contributed by atoms with E-state index in [-0.39, 0.29) is 17.9 Å². The normalized spacial score (nSPS) is 18.9. The molecule has 1 heterocycles. The van der Waals surface area contributed by atoms with Gasteiger partial charge in [0.25, 0.3) is 5.91 Å². The molecular formula is C17H21N5O. The van der Waals surface area contributed by atoms with E-state index in [4.69, 9.17) is 0 Å². The Hall–Kier alpha value is -2.50. The summed E-state index contributed by atoms with van der Waals surface area (Å²) in [6, 6.07) is 7.56. The highest BCUT2D eigenvalue weighted by Gasteiger charge is 2.24. The molecule has 1 aromatic carbocycles. The van der Waals surface area contributed by atoms with E-state index in [1.807, 2.05) is 24.3 Å². The van der Waals surface area contributed by atoms with Crippen molar-refractivity contribution in [2.45, 2.75) is 40.2 Å². The van der Waals surface area contributed by atoms with E-state index in [2.05, 4.69) is 47.7 Å². The minimum Gasteiger partial charge on any atom is -0.271 e. The maximum atomic E-state index is 12.1. The average molecular weight is 311 g/mol. The summed E-state index contributed by atoms with van der Waals surface area (Å²) >= 11 is 0. The number of carbonyl (C=O) groups is 1. The van der Waals surface area contributed by atoms with E-state index in [0.29, 0.717) is 0 Å². The van der Waals surface area contributed by atoms with Gasteiger partial charge < -0.3 is 0 Å². The number of aromatic nitrogens is 3. The zero-order valence-corrected chi connectivity index (χ0v) is 13.7. The van der Waals surface area contributed by atoms with Crippen LogP contribution in [0.15, 0.2) is 41.0 Å². The van der Waals surface area contributed by atoms with Crippen LogP contribution in [0, 0.1) is 5.41 Å². The Morgan fingerprint density at radius 1 is 1.35 bits per heavy atom. The highest BCUT2D eigenvalue weighted by Crippen LogP contribution is 2.33. The van der Waals surface area contributed by atoms with Crippen molar-refractivity contribution in [2.24, 2.45) is 10.5 Å². The van der Waals surface area contributed by atoms with Crippen LogP contribution >= 0.6 is 0 Å². The van der Waals surface area contributed by atoms with Gasteiger partial charge in [-0.3, -0.25) is 4.79 Å². The number of amides is 1. The molecule has 0 radical (unpaired) electrons. The molecule has 23 heavy (non-hydrogen) atoms. The van der Waals surface area contributed by atoms with Gasteiger partial charge in [0.15, 0.2) is 0 Å². The Kier molecular flexibility index (Phi) is 3.98. The second-order valence-corrected chi connectivity index (χ2v) is 6.88. The number of para-hydroxylation sites is 1. The monoisotopic (exact) mass is 311 g/mol. The lowest BCUT2D eigenvalue weighted by atomic mass is 9.77. The molecule has 0 unspecified atom stereocenters. The number of hydrogen-bond acceptors (Lipinski definition) is 4. The molecule has 6 heteroatoms. The third-order valence-electron chi connectivity index (χ3n) is 3.87. The van der Waals surface area contributed by atoms with Crippen molar-refractivity contribution >= 4 is 22.7 Å². The second kappa shape index (κ2) is 5.95. The molecule has 6 nitrogen and oxygen atoms in total. The lowest BCUT2D eigenvalue weighted by Gasteiger charge is -2.29. The largest absolute Gasteiger partial charge is 0.271 e. The number of hydrogen-bond donors (Lipinski definition) is 1. The van der Waals surface area contributed by atoms with Gasteiger partial charge >= 0.3 is 0 Å². The third kappa shape index (κ3) is 3.64.